The Morgan fingerprint density at radius 2 is 2.08 bits per heavy atom. The van der Waals surface area contributed by atoms with E-state index in [1.807, 2.05) is 30.3 Å². The molecule has 1 amide bonds. The summed E-state index contributed by atoms with van der Waals surface area (Å²) < 4.78 is 0. The maximum atomic E-state index is 10.7. The Bertz CT molecular complexity index is 292. The van der Waals surface area contributed by atoms with Crippen LogP contribution in [0.5, 0.6) is 0 Å². The lowest BCUT2D eigenvalue weighted by Crippen LogP contribution is -2.14. The monoisotopic (exact) mass is 175 g/mol. The van der Waals surface area contributed by atoms with E-state index in [2.05, 4.69) is 6.58 Å². The molecule has 0 heterocycles. The molecule has 0 saturated heterocycles. The molecular weight excluding hydrogens is 162 g/mol. The highest BCUT2D eigenvalue weighted by molar-refractivity contribution is 5.75. The zero-order valence-electron chi connectivity index (χ0n) is 7.44. The normalized spacial score (nSPS) is 12.0. The number of hydrogen-bond donors (Lipinski definition) is 1. The van der Waals surface area contributed by atoms with Gasteiger partial charge in [0.25, 0.3) is 0 Å². The van der Waals surface area contributed by atoms with Crippen molar-refractivity contribution in [3.63, 3.8) is 0 Å². The average molecular weight is 175 g/mol. The Morgan fingerprint density at radius 3 is 2.54 bits per heavy atom. The molecule has 0 spiro atoms. The van der Waals surface area contributed by atoms with Crippen molar-refractivity contribution in [3.05, 3.63) is 48.6 Å². The molecule has 1 unspecified atom stereocenters. The average Bonchev–Trinajstić information content (AvgIpc) is 2.15. The first-order chi connectivity index (χ1) is 6.24. The molecule has 1 rings (SSSR count). The number of carbonyl (C=O) groups is 1. The van der Waals surface area contributed by atoms with E-state index in [9.17, 15) is 4.79 Å². The van der Waals surface area contributed by atoms with E-state index in [0.29, 0.717) is 6.42 Å². The fourth-order valence-electron chi connectivity index (χ4n) is 1.25. The van der Waals surface area contributed by atoms with Gasteiger partial charge >= 0.3 is 0 Å². The van der Waals surface area contributed by atoms with Crippen LogP contribution in [0.15, 0.2) is 43.0 Å². The predicted octanol–water partition coefficient (Wildman–Crippen LogP) is 1.83. The van der Waals surface area contributed by atoms with Gasteiger partial charge in [0.05, 0.1) is 0 Å². The van der Waals surface area contributed by atoms with Gasteiger partial charge in [0, 0.05) is 12.3 Å². The number of nitrogens with two attached hydrogens (primary N) is 1. The maximum absolute atomic E-state index is 10.7. The number of allylic oxidation sites excluding steroid dienone is 1. The molecule has 0 aliphatic carbocycles. The molecule has 0 fully saturated rings. The van der Waals surface area contributed by atoms with Crippen molar-refractivity contribution in [1.29, 1.82) is 0 Å². The second-order valence-electron chi connectivity index (χ2n) is 2.92. The summed E-state index contributed by atoms with van der Waals surface area (Å²) in [6.07, 6.45) is 2.08. The quantitative estimate of drug-likeness (QED) is 0.697. The lowest BCUT2D eigenvalue weighted by molar-refractivity contribution is -0.118. The second-order valence-corrected chi connectivity index (χ2v) is 2.92. The van der Waals surface area contributed by atoms with Gasteiger partial charge in [-0.1, -0.05) is 36.4 Å². The smallest absolute Gasteiger partial charge is 0.218 e. The first-order valence-corrected chi connectivity index (χ1v) is 4.20. The van der Waals surface area contributed by atoms with E-state index in [-0.39, 0.29) is 11.8 Å². The zero-order chi connectivity index (χ0) is 9.68. The molecule has 2 heteroatoms. The van der Waals surface area contributed by atoms with Crippen molar-refractivity contribution in [2.24, 2.45) is 5.73 Å². The molecule has 1 aromatic carbocycles. The van der Waals surface area contributed by atoms with Crippen molar-refractivity contribution >= 4 is 5.91 Å². The van der Waals surface area contributed by atoms with Crippen molar-refractivity contribution in [2.45, 2.75) is 12.3 Å². The van der Waals surface area contributed by atoms with Crippen molar-refractivity contribution < 1.29 is 4.79 Å². The fourth-order valence-corrected chi connectivity index (χ4v) is 1.25. The third-order valence-corrected chi connectivity index (χ3v) is 1.93. The van der Waals surface area contributed by atoms with Crippen LogP contribution < -0.4 is 5.73 Å². The summed E-state index contributed by atoms with van der Waals surface area (Å²) in [6.45, 7) is 3.68. The van der Waals surface area contributed by atoms with Crippen LogP contribution in [0, 0.1) is 0 Å². The number of benzene rings is 1. The largest absolute Gasteiger partial charge is 0.370 e. The Labute approximate surface area is 78.1 Å². The molecule has 1 aromatic rings. The lowest BCUT2D eigenvalue weighted by atomic mass is 9.96. The first kappa shape index (κ1) is 9.52. The molecule has 2 nitrogen and oxygen atoms in total. The number of primary amides is 1. The van der Waals surface area contributed by atoms with E-state index in [0.717, 1.165) is 5.56 Å². The van der Waals surface area contributed by atoms with E-state index in [1.54, 1.807) is 6.08 Å². The first-order valence-electron chi connectivity index (χ1n) is 4.20. The molecule has 0 aliphatic rings. The van der Waals surface area contributed by atoms with Crippen LogP contribution >= 0.6 is 0 Å². The summed E-state index contributed by atoms with van der Waals surface area (Å²) in [5.41, 5.74) is 6.20. The third kappa shape index (κ3) is 2.75. The summed E-state index contributed by atoms with van der Waals surface area (Å²) in [4.78, 5) is 10.7. The van der Waals surface area contributed by atoms with Crippen LogP contribution in [0.4, 0.5) is 0 Å². The highest BCUT2D eigenvalue weighted by Crippen LogP contribution is 2.19. The van der Waals surface area contributed by atoms with Gasteiger partial charge in [-0.2, -0.15) is 0 Å². The van der Waals surface area contributed by atoms with Crippen LogP contribution in [0.1, 0.15) is 17.9 Å². The molecule has 68 valence electrons. The van der Waals surface area contributed by atoms with Crippen LogP contribution in [0.2, 0.25) is 0 Å². The Kier molecular flexibility index (Phi) is 3.26. The number of rotatable bonds is 4. The van der Waals surface area contributed by atoms with Gasteiger partial charge in [-0.05, 0) is 5.56 Å². The van der Waals surface area contributed by atoms with Crippen LogP contribution in [-0.2, 0) is 4.79 Å². The number of carbonyl (C=O) groups excluding carboxylic acids is 1. The minimum atomic E-state index is -0.297. The second kappa shape index (κ2) is 4.45. The van der Waals surface area contributed by atoms with Gasteiger partial charge in [-0.15, -0.1) is 6.58 Å². The Balaban J connectivity index is 2.78. The molecule has 0 aromatic heterocycles. The molecule has 13 heavy (non-hydrogen) atoms. The summed E-state index contributed by atoms with van der Waals surface area (Å²) >= 11 is 0. The van der Waals surface area contributed by atoms with Gasteiger partial charge in [0.2, 0.25) is 5.91 Å². The van der Waals surface area contributed by atoms with Gasteiger partial charge in [0.1, 0.15) is 0 Å². The maximum Gasteiger partial charge on any atom is 0.218 e. The Morgan fingerprint density at radius 1 is 1.46 bits per heavy atom. The minimum Gasteiger partial charge on any atom is -0.370 e. The topological polar surface area (TPSA) is 43.1 Å². The molecule has 0 aliphatic heterocycles. The number of hydrogen-bond acceptors (Lipinski definition) is 1. The highest BCUT2D eigenvalue weighted by atomic mass is 16.1. The highest BCUT2D eigenvalue weighted by Gasteiger charge is 2.09. The zero-order valence-corrected chi connectivity index (χ0v) is 7.44. The van der Waals surface area contributed by atoms with Gasteiger partial charge in [-0.25, -0.2) is 0 Å². The lowest BCUT2D eigenvalue weighted by Gasteiger charge is -2.09. The van der Waals surface area contributed by atoms with E-state index >= 15 is 0 Å². The molecule has 0 radical (unpaired) electrons. The summed E-state index contributed by atoms with van der Waals surface area (Å²) in [6, 6.07) is 9.75. The predicted molar refractivity (Wildman–Crippen MR) is 53.2 cm³/mol. The molecule has 2 N–H and O–H groups in total. The van der Waals surface area contributed by atoms with Crippen LogP contribution in [-0.4, -0.2) is 5.91 Å². The molecule has 0 saturated carbocycles. The molecular formula is C11H13NO. The standard InChI is InChI=1S/C11H13NO/c1-2-9(8-11(12)13)10-6-4-3-5-7-10/h2-7,9H,1,8H2,(H2,12,13). The molecule has 0 bridgehead atoms. The minimum absolute atomic E-state index is 0.0405. The summed E-state index contributed by atoms with van der Waals surface area (Å²) in [5.74, 6) is -0.257. The summed E-state index contributed by atoms with van der Waals surface area (Å²) in [5, 5.41) is 0. The summed E-state index contributed by atoms with van der Waals surface area (Å²) in [7, 11) is 0. The van der Waals surface area contributed by atoms with Gasteiger partial charge < -0.3 is 5.73 Å². The fraction of sp³-hybridized carbons (Fsp3) is 0.182. The number of amides is 1. The van der Waals surface area contributed by atoms with Crippen LogP contribution in [0.25, 0.3) is 0 Å². The van der Waals surface area contributed by atoms with Gasteiger partial charge in [0.15, 0.2) is 0 Å². The van der Waals surface area contributed by atoms with E-state index in [1.165, 1.54) is 0 Å². The Hall–Kier alpha value is -1.57. The van der Waals surface area contributed by atoms with E-state index in [4.69, 9.17) is 5.73 Å². The van der Waals surface area contributed by atoms with Crippen molar-refractivity contribution in [1.82, 2.24) is 0 Å². The van der Waals surface area contributed by atoms with Crippen molar-refractivity contribution in [2.75, 3.05) is 0 Å². The SMILES string of the molecule is C=CC(CC(N)=O)c1ccccc1. The van der Waals surface area contributed by atoms with Crippen LogP contribution in [0.3, 0.4) is 0 Å². The third-order valence-electron chi connectivity index (χ3n) is 1.93. The molecule has 1 atom stereocenters. The van der Waals surface area contributed by atoms with E-state index < -0.39 is 0 Å². The van der Waals surface area contributed by atoms with Gasteiger partial charge in [-0.3, -0.25) is 4.79 Å². The van der Waals surface area contributed by atoms with Crippen molar-refractivity contribution in [3.8, 4) is 0 Å².